The molecule has 2 aliphatic rings. The van der Waals surface area contributed by atoms with Crippen molar-refractivity contribution in [2.75, 3.05) is 53.0 Å². The standard InChI is InChI=1S/C19H26N2O3/c1-23-14-12-20-8-2-9-21(11-10-20)19(22)6-4-16-3-5-18-17(15-16)7-13-24-18/h3-6,15H,2,7-14H2,1H3/b6-4+. The zero-order chi connectivity index (χ0) is 16.8. The topological polar surface area (TPSA) is 42.0 Å². The largest absolute Gasteiger partial charge is 0.493 e. The lowest BCUT2D eigenvalue weighted by Gasteiger charge is -2.20. The van der Waals surface area contributed by atoms with Crippen LogP contribution in [-0.4, -0.2) is 68.8 Å². The monoisotopic (exact) mass is 330 g/mol. The fourth-order valence-corrected chi connectivity index (χ4v) is 3.22. The summed E-state index contributed by atoms with van der Waals surface area (Å²) in [7, 11) is 1.73. The average molecular weight is 330 g/mol. The molecular weight excluding hydrogens is 304 g/mol. The lowest BCUT2D eigenvalue weighted by molar-refractivity contribution is -0.125. The Balaban J connectivity index is 1.54. The van der Waals surface area contributed by atoms with E-state index in [9.17, 15) is 4.79 Å². The van der Waals surface area contributed by atoms with Gasteiger partial charge in [0.25, 0.3) is 0 Å². The van der Waals surface area contributed by atoms with Gasteiger partial charge in [0.2, 0.25) is 5.91 Å². The maximum absolute atomic E-state index is 12.4. The van der Waals surface area contributed by atoms with Crippen LogP contribution in [0.5, 0.6) is 5.75 Å². The highest BCUT2D eigenvalue weighted by Crippen LogP contribution is 2.26. The second kappa shape index (κ2) is 8.31. The Labute approximate surface area is 143 Å². The lowest BCUT2D eigenvalue weighted by atomic mass is 10.1. The van der Waals surface area contributed by atoms with Crippen molar-refractivity contribution in [2.24, 2.45) is 0 Å². The number of nitrogens with zero attached hydrogens (tertiary/aromatic N) is 2. The summed E-state index contributed by atoms with van der Waals surface area (Å²) in [4.78, 5) is 16.8. The third-order valence-electron chi connectivity index (χ3n) is 4.64. The summed E-state index contributed by atoms with van der Waals surface area (Å²) < 4.78 is 10.6. The van der Waals surface area contributed by atoms with Crippen molar-refractivity contribution in [3.63, 3.8) is 0 Å². The van der Waals surface area contributed by atoms with Crippen LogP contribution in [0.4, 0.5) is 0 Å². The van der Waals surface area contributed by atoms with E-state index >= 15 is 0 Å². The summed E-state index contributed by atoms with van der Waals surface area (Å²) in [5.74, 6) is 1.07. The smallest absolute Gasteiger partial charge is 0.246 e. The summed E-state index contributed by atoms with van der Waals surface area (Å²) in [6.07, 6.45) is 5.57. The number of amides is 1. The summed E-state index contributed by atoms with van der Waals surface area (Å²) in [6, 6.07) is 6.11. The van der Waals surface area contributed by atoms with Crippen molar-refractivity contribution in [3.05, 3.63) is 35.4 Å². The first-order valence-corrected chi connectivity index (χ1v) is 8.70. The highest BCUT2D eigenvalue weighted by molar-refractivity contribution is 5.91. The molecule has 1 amide bonds. The van der Waals surface area contributed by atoms with Crippen LogP contribution >= 0.6 is 0 Å². The third-order valence-corrected chi connectivity index (χ3v) is 4.64. The molecule has 2 aliphatic heterocycles. The fourth-order valence-electron chi connectivity index (χ4n) is 3.22. The maximum Gasteiger partial charge on any atom is 0.246 e. The van der Waals surface area contributed by atoms with Crippen LogP contribution in [0.1, 0.15) is 17.5 Å². The Morgan fingerprint density at radius 2 is 2.21 bits per heavy atom. The SMILES string of the molecule is COCCN1CCCN(C(=O)/C=C/c2ccc3c(c2)CCO3)CC1. The molecule has 0 atom stereocenters. The number of rotatable bonds is 5. The molecule has 0 radical (unpaired) electrons. The zero-order valence-corrected chi connectivity index (χ0v) is 14.4. The van der Waals surface area contributed by atoms with Crippen LogP contribution in [0.3, 0.4) is 0 Å². The Morgan fingerprint density at radius 3 is 3.08 bits per heavy atom. The summed E-state index contributed by atoms with van der Waals surface area (Å²) >= 11 is 0. The molecule has 5 heteroatoms. The van der Waals surface area contributed by atoms with E-state index in [2.05, 4.69) is 11.0 Å². The predicted molar refractivity (Wildman–Crippen MR) is 94.2 cm³/mol. The Bertz CT molecular complexity index is 600. The van der Waals surface area contributed by atoms with Crippen LogP contribution < -0.4 is 4.74 Å². The number of hydrogen-bond acceptors (Lipinski definition) is 4. The van der Waals surface area contributed by atoms with E-state index in [0.717, 1.165) is 70.1 Å². The van der Waals surface area contributed by atoms with E-state index in [1.54, 1.807) is 13.2 Å². The van der Waals surface area contributed by atoms with E-state index in [-0.39, 0.29) is 5.91 Å². The molecule has 0 unspecified atom stereocenters. The number of benzene rings is 1. The van der Waals surface area contributed by atoms with Gasteiger partial charge < -0.3 is 14.4 Å². The summed E-state index contributed by atoms with van der Waals surface area (Å²) in [6.45, 7) is 5.99. The Morgan fingerprint density at radius 1 is 1.29 bits per heavy atom. The predicted octanol–water partition coefficient (Wildman–Crippen LogP) is 1.82. The van der Waals surface area contributed by atoms with Gasteiger partial charge in [0.1, 0.15) is 5.75 Å². The molecule has 0 aliphatic carbocycles. The Hall–Kier alpha value is -1.85. The minimum atomic E-state index is 0.0975. The summed E-state index contributed by atoms with van der Waals surface area (Å²) in [5, 5.41) is 0. The second-order valence-corrected chi connectivity index (χ2v) is 6.31. The van der Waals surface area contributed by atoms with Crippen LogP contribution in [0.2, 0.25) is 0 Å². The van der Waals surface area contributed by atoms with Gasteiger partial charge in [-0.2, -0.15) is 0 Å². The fraction of sp³-hybridized carbons (Fsp3) is 0.526. The number of hydrogen-bond donors (Lipinski definition) is 0. The minimum absolute atomic E-state index is 0.0975. The van der Waals surface area contributed by atoms with Crippen LogP contribution in [-0.2, 0) is 16.0 Å². The molecule has 0 aromatic heterocycles. The lowest BCUT2D eigenvalue weighted by Crippen LogP contribution is -2.35. The normalized spacial score (nSPS) is 18.5. The molecule has 1 aromatic rings. The van der Waals surface area contributed by atoms with E-state index in [1.807, 2.05) is 23.1 Å². The molecule has 5 nitrogen and oxygen atoms in total. The maximum atomic E-state index is 12.4. The molecule has 1 fully saturated rings. The van der Waals surface area contributed by atoms with Crippen LogP contribution in [0.15, 0.2) is 24.3 Å². The van der Waals surface area contributed by atoms with E-state index in [1.165, 1.54) is 5.56 Å². The quantitative estimate of drug-likeness (QED) is 0.772. The van der Waals surface area contributed by atoms with E-state index in [4.69, 9.17) is 9.47 Å². The number of carbonyl (C=O) groups excluding carboxylic acids is 1. The summed E-state index contributed by atoms with van der Waals surface area (Å²) in [5.41, 5.74) is 2.29. The van der Waals surface area contributed by atoms with Gasteiger partial charge in [0.05, 0.1) is 13.2 Å². The molecule has 0 spiro atoms. The van der Waals surface area contributed by atoms with Gasteiger partial charge in [0.15, 0.2) is 0 Å². The molecule has 3 rings (SSSR count). The second-order valence-electron chi connectivity index (χ2n) is 6.31. The highest BCUT2D eigenvalue weighted by atomic mass is 16.5. The number of ether oxygens (including phenoxy) is 2. The van der Waals surface area contributed by atoms with Gasteiger partial charge in [-0.15, -0.1) is 0 Å². The molecule has 1 saturated heterocycles. The molecule has 2 heterocycles. The first-order valence-electron chi connectivity index (χ1n) is 8.70. The molecule has 130 valence electrons. The van der Waals surface area contributed by atoms with E-state index < -0.39 is 0 Å². The third kappa shape index (κ3) is 4.36. The first kappa shape index (κ1) is 17.0. The van der Waals surface area contributed by atoms with Crippen molar-refractivity contribution in [2.45, 2.75) is 12.8 Å². The molecular formula is C19H26N2O3. The van der Waals surface area contributed by atoms with E-state index in [0.29, 0.717) is 0 Å². The molecule has 1 aromatic carbocycles. The van der Waals surface area contributed by atoms with Gasteiger partial charge in [-0.3, -0.25) is 9.69 Å². The molecule has 0 saturated carbocycles. The van der Waals surface area contributed by atoms with Crippen molar-refractivity contribution >= 4 is 12.0 Å². The Kier molecular flexibility index (Phi) is 5.88. The van der Waals surface area contributed by atoms with Gasteiger partial charge in [-0.25, -0.2) is 0 Å². The highest BCUT2D eigenvalue weighted by Gasteiger charge is 2.17. The van der Waals surface area contributed by atoms with Crippen molar-refractivity contribution in [1.29, 1.82) is 0 Å². The van der Waals surface area contributed by atoms with Gasteiger partial charge in [-0.05, 0) is 42.3 Å². The first-order chi connectivity index (χ1) is 11.8. The average Bonchev–Trinajstić information content (AvgIpc) is 2.94. The molecule has 0 N–H and O–H groups in total. The van der Waals surface area contributed by atoms with Gasteiger partial charge >= 0.3 is 0 Å². The molecule has 24 heavy (non-hydrogen) atoms. The van der Waals surface area contributed by atoms with Crippen molar-refractivity contribution < 1.29 is 14.3 Å². The minimum Gasteiger partial charge on any atom is -0.493 e. The van der Waals surface area contributed by atoms with Crippen LogP contribution in [0.25, 0.3) is 6.08 Å². The van der Waals surface area contributed by atoms with Crippen LogP contribution in [0, 0.1) is 0 Å². The zero-order valence-electron chi connectivity index (χ0n) is 14.4. The van der Waals surface area contributed by atoms with Crippen molar-refractivity contribution in [1.82, 2.24) is 9.80 Å². The number of methoxy groups -OCH3 is 1. The van der Waals surface area contributed by atoms with Crippen molar-refractivity contribution in [3.8, 4) is 5.75 Å². The van der Waals surface area contributed by atoms with Gasteiger partial charge in [-0.1, -0.05) is 6.07 Å². The van der Waals surface area contributed by atoms with Gasteiger partial charge in [0, 0.05) is 45.8 Å². The number of fused-ring (bicyclic) bond motifs is 1. The number of carbonyl (C=O) groups is 1. The molecule has 0 bridgehead atoms.